The number of hydrogen-bond donors (Lipinski definition) is 1. The van der Waals surface area contributed by atoms with Crippen LogP contribution in [0.1, 0.15) is 17.2 Å². The fraction of sp³-hybridized carbons (Fsp3) is 0.0769. The Morgan fingerprint density at radius 1 is 1.12 bits per heavy atom. The van der Waals surface area contributed by atoms with Crippen LogP contribution in [-0.2, 0) is 4.84 Å². The molecule has 2 aromatic rings. The summed E-state index contributed by atoms with van der Waals surface area (Å²) in [5.41, 5.74) is 6.64. The highest BCUT2D eigenvalue weighted by Gasteiger charge is 2.36. The molecule has 78 valence electrons. The van der Waals surface area contributed by atoms with Crippen molar-refractivity contribution in [3.8, 4) is 0 Å². The summed E-state index contributed by atoms with van der Waals surface area (Å²) in [6.45, 7) is 0. The van der Waals surface area contributed by atoms with Crippen molar-refractivity contribution in [1.82, 2.24) is 5.48 Å². The molecule has 0 saturated heterocycles. The van der Waals surface area contributed by atoms with Gasteiger partial charge in [0.2, 0.25) is 0 Å². The molecule has 1 N–H and O–H groups in total. The van der Waals surface area contributed by atoms with E-state index in [-0.39, 0.29) is 6.10 Å². The smallest absolute Gasteiger partial charge is 0.139 e. The minimum absolute atomic E-state index is 0.0375. The molecule has 0 bridgehead atoms. The van der Waals surface area contributed by atoms with Gasteiger partial charge >= 0.3 is 0 Å². The summed E-state index contributed by atoms with van der Waals surface area (Å²) in [5.74, 6) is 0. The van der Waals surface area contributed by atoms with Gasteiger partial charge in [-0.05, 0) is 37.8 Å². The van der Waals surface area contributed by atoms with E-state index in [1.54, 1.807) is 0 Å². The van der Waals surface area contributed by atoms with Crippen molar-refractivity contribution in [2.45, 2.75) is 6.10 Å². The van der Waals surface area contributed by atoms with Gasteiger partial charge in [0.15, 0.2) is 0 Å². The van der Waals surface area contributed by atoms with Crippen LogP contribution in [0.5, 0.6) is 0 Å². The topological polar surface area (TPSA) is 21.3 Å². The summed E-state index contributed by atoms with van der Waals surface area (Å²) in [7, 11) is 0. The molecule has 4 rings (SSSR count). The van der Waals surface area contributed by atoms with E-state index in [1.165, 1.54) is 27.5 Å². The summed E-state index contributed by atoms with van der Waals surface area (Å²) in [6.07, 6.45) is 0.0375. The maximum atomic E-state index is 5.59. The zero-order valence-corrected chi connectivity index (χ0v) is 9.91. The summed E-state index contributed by atoms with van der Waals surface area (Å²) >= 11 is 3.51. The molecule has 2 aromatic carbocycles. The molecule has 0 saturated carbocycles. The summed E-state index contributed by atoms with van der Waals surface area (Å²) in [4.78, 5) is 5.59. The Bertz CT molecular complexity index is 642. The molecule has 0 fully saturated rings. The molecular weight excluding hydrogens is 266 g/mol. The zero-order chi connectivity index (χ0) is 10.7. The average Bonchev–Trinajstić information content (AvgIpc) is 2.83. The van der Waals surface area contributed by atoms with E-state index in [1.807, 2.05) is 0 Å². The third-order valence-corrected chi connectivity index (χ3v) is 3.86. The average molecular weight is 274 g/mol. The number of nitrogens with one attached hydrogen (secondary N) is 1. The molecule has 3 heteroatoms. The molecule has 2 nitrogen and oxygen atoms in total. The van der Waals surface area contributed by atoms with Crippen LogP contribution in [0.25, 0.3) is 16.3 Å². The Labute approximate surface area is 101 Å². The number of rotatable bonds is 0. The Kier molecular flexibility index (Phi) is 1.58. The van der Waals surface area contributed by atoms with Crippen LogP contribution in [0.3, 0.4) is 0 Å². The lowest BCUT2D eigenvalue weighted by Crippen LogP contribution is -2.04. The first-order chi connectivity index (χ1) is 7.86. The molecule has 16 heavy (non-hydrogen) atoms. The van der Waals surface area contributed by atoms with E-state index in [4.69, 9.17) is 4.84 Å². The monoisotopic (exact) mass is 273 g/mol. The van der Waals surface area contributed by atoms with Crippen molar-refractivity contribution in [2.75, 3.05) is 0 Å². The van der Waals surface area contributed by atoms with E-state index < -0.39 is 0 Å². The van der Waals surface area contributed by atoms with Gasteiger partial charge in [-0.25, -0.2) is 0 Å². The van der Waals surface area contributed by atoms with Gasteiger partial charge in [0.1, 0.15) is 10.7 Å². The van der Waals surface area contributed by atoms with Crippen molar-refractivity contribution >= 4 is 32.3 Å². The number of benzene rings is 2. The van der Waals surface area contributed by atoms with E-state index in [9.17, 15) is 0 Å². The van der Waals surface area contributed by atoms with E-state index >= 15 is 0 Å². The number of hydrogen-bond acceptors (Lipinski definition) is 2. The third kappa shape index (κ3) is 0.907. The Morgan fingerprint density at radius 2 is 1.94 bits per heavy atom. The van der Waals surface area contributed by atoms with Crippen LogP contribution >= 0.6 is 15.9 Å². The highest BCUT2D eigenvalue weighted by molar-refractivity contribution is 9.11. The molecular formula is C13H8BrNO. The molecule has 1 aliphatic carbocycles. The molecule has 0 radical (unpaired) electrons. The number of fused-ring (bicyclic) bond motifs is 3. The van der Waals surface area contributed by atoms with E-state index in [0.29, 0.717) is 0 Å². The first-order valence-corrected chi connectivity index (χ1v) is 5.99. The van der Waals surface area contributed by atoms with Gasteiger partial charge in [-0.2, -0.15) is 0 Å². The predicted molar refractivity (Wildman–Crippen MR) is 66.8 cm³/mol. The quantitative estimate of drug-likeness (QED) is 0.742. The maximum Gasteiger partial charge on any atom is 0.139 e. The van der Waals surface area contributed by atoms with Gasteiger partial charge < -0.3 is 0 Å². The van der Waals surface area contributed by atoms with Gasteiger partial charge in [-0.15, -0.1) is 0 Å². The SMILES string of the molecule is BrC1=C2c3cccc4cccc(c34)C2ON1. The van der Waals surface area contributed by atoms with Gasteiger partial charge in [0.05, 0.1) is 0 Å². The van der Waals surface area contributed by atoms with Crippen molar-refractivity contribution in [2.24, 2.45) is 0 Å². The molecule has 0 amide bonds. The zero-order valence-electron chi connectivity index (χ0n) is 8.33. The van der Waals surface area contributed by atoms with Crippen molar-refractivity contribution in [3.05, 3.63) is 52.1 Å². The Hall–Kier alpha value is -1.32. The normalized spacial score (nSPS) is 21.4. The first-order valence-electron chi connectivity index (χ1n) is 5.19. The lowest BCUT2D eigenvalue weighted by molar-refractivity contribution is 0.0512. The number of hydroxylamine groups is 1. The maximum absolute atomic E-state index is 5.59. The Balaban J connectivity index is 2.22. The van der Waals surface area contributed by atoms with E-state index in [2.05, 4.69) is 57.8 Å². The third-order valence-electron chi connectivity index (χ3n) is 3.27. The molecule has 1 heterocycles. The molecule has 0 spiro atoms. The molecule has 2 aliphatic rings. The van der Waals surface area contributed by atoms with Crippen LogP contribution < -0.4 is 5.48 Å². The van der Waals surface area contributed by atoms with Crippen LogP contribution in [0.15, 0.2) is 41.0 Å². The van der Waals surface area contributed by atoms with Crippen LogP contribution in [0.2, 0.25) is 0 Å². The second kappa shape index (κ2) is 2.87. The molecule has 1 aliphatic heterocycles. The van der Waals surface area contributed by atoms with E-state index in [0.717, 1.165) is 4.61 Å². The van der Waals surface area contributed by atoms with Gasteiger partial charge in [0.25, 0.3) is 0 Å². The van der Waals surface area contributed by atoms with Crippen LogP contribution in [0, 0.1) is 0 Å². The first kappa shape index (κ1) is 8.79. The largest absolute Gasteiger partial charge is 0.263 e. The predicted octanol–water partition coefficient (Wildman–Crippen LogP) is 3.49. The summed E-state index contributed by atoms with van der Waals surface area (Å²) in [6, 6.07) is 12.8. The highest BCUT2D eigenvalue weighted by Crippen LogP contribution is 2.50. The minimum Gasteiger partial charge on any atom is -0.263 e. The van der Waals surface area contributed by atoms with Crippen molar-refractivity contribution < 1.29 is 4.84 Å². The molecule has 1 atom stereocenters. The summed E-state index contributed by atoms with van der Waals surface area (Å²) < 4.78 is 0.946. The number of halogens is 1. The molecule has 0 aromatic heterocycles. The fourth-order valence-electron chi connectivity index (χ4n) is 2.63. The lowest BCUT2D eigenvalue weighted by atomic mass is 10.0. The lowest BCUT2D eigenvalue weighted by Gasteiger charge is -2.06. The van der Waals surface area contributed by atoms with Crippen molar-refractivity contribution in [1.29, 1.82) is 0 Å². The second-order valence-electron chi connectivity index (χ2n) is 4.08. The van der Waals surface area contributed by atoms with Gasteiger partial charge in [-0.3, -0.25) is 10.3 Å². The van der Waals surface area contributed by atoms with Crippen molar-refractivity contribution in [3.63, 3.8) is 0 Å². The van der Waals surface area contributed by atoms with Gasteiger partial charge in [0, 0.05) is 5.57 Å². The fourth-order valence-corrected chi connectivity index (χ4v) is 3.15. The highest BCUT2D eigenvalue weighted by atomic mass is 79.9. The Morgan fingerprint density at radius 3 is 2.81 bits per heavy atom. The standard InChI is InChI=1S/C13H8BrNO/c14-13-11-8-5-1-3-7-4-2-6-9(10(7)8)12(11)16-15-13/h1-6,12,15H. The second-order valence-corrected chi connectivity index (χ2v) is 4.87. The van der Waals surface area contributed by atoms with Crippen LogP contribution in [-0.4, -0.2) is 0 Å². The molecule has 1 unspecified atom stereocenters. The minimum atomic E-state index is 0.0375. The van der Waals surface area contributed by atoms with Gasteiger partial charge in [-0.1, -0.05) is 36.4 Å². The van der Waals surface area contributed by atoms with Crippen LogP contribution in [0.4, 0.5) is 0 Å². The summed E-state index contributed by atoms with van der Waals surface area (Å²) in [5, 5.41) is 2.60.